The summed E-state index contributed by atoms with van der Waals surface area (Å²) in [6.45, 7) is 0.361. The summed E-state index contributed by atoms with van der Waals surface area (Å²) in [5, 5.41) is 25.1. The quantitative estimate of drug-likeness (QED) is 0.410. The summed E-state index contributed by atoms with van der Waals surface area (Å²) in [7, 11) is 4.42. The maximum atomic E-state index is 12.6. The average molecular weight is 481 g/mol. The predicted octanol–water partition coefficient (Wildman–Crippen LogP) is 3.42. The van der Waals surface area contributed by atoms with Crippen LogP contribution in [0.1, 0.15) is 18.5 Å². The summed E-state index contributed by atoms with van der Waals surface area (Å²) >= 11 is 0. The molecule has 0 saturated carbocycles. The molecule has 0 spiro atoms. The summed E-state index contributed by atoms with van der Waals surface area (Å²) < 4.78 is 12.4. The second-order valence-corrected chi connectivity index (χ2v) is 8.44. The zero-order valence-corrected chi connectivity index (χ0v) is 19.8. The number of aliphatic carboxylic acids is 1. The summed E-state index contributed by atoms with van der Waals surface area (Å²) in [5.41, 5.74) is 1.39. The summed E-state index contributed by atoms with van der Waals surface area (Å²) in [6, 6.07) is 16.1. The van der Waals surface area contributed by atoms with E-state index in [1.54, 1.807) is 25.0 Å². The molecule has 2 aromatic carbocycles. The van der Waals surface area contributed by atoms with Crippen molar-refractivity contribution in [1.29, 1.82) is 0 Å². The van der Waals surface area contributed by atoms with Crippen molar-refractivity contribution in [2.45, 2.75) is 18.3 Å². The first-order chi connectivity index (χ1) is 16.8. The Morgan fingerprint density at radius 1 is 1.00 bits per heavy atom. The first-order valence-electron chi connectivity index (χ1n) is 11.1. The Morgan fingerprint density at radius 3 is 2.23 bits per heavy atom. The fraction of sp³-hybridized carbons (Fsp3) is 0.320. The van der Waals surface area contributed by atoms with Gasteiger partial charge < -0.3 is 19.5 Å². The molecular weight excluding hydrogens is 452 g/mol. The van der Waals surface area contributed by atoms with Crippen LogP contribution in [0.2, 0.25) is 0 Å². The molecule has 10 heteroatoms. The number of carboxylic acid groups (broad SMARTS) is 1. The lowest BCUT2D eigenvalue weighted by Crippen LogP contribution is -2.51. The Balaban J connectivity index is 1.80. The zero-order chi connectivity index (χ0) is 25.2. The second-order valence-electron chi connectivity index (χ2n) is 8.44. The highest BCUT2D eigenvalue weighted by Gasteiger charge is 2.46. The lowest BCUT2D eigenvalue weighted by atomic mass is 9.75. The molecule has 2 N–H and O–H groups in total. The van der Waals surface area contributed by atoms with Crippen LogP contribution in [-0.2, 0) is 10.2 Å². The van der Waals surface area contributed by atoms with Crippen LogP contribution in [0.3, 0.4) is 0 Å². The average Bonchev–Trinajstić information content (AvgIpc) is 3.34. The number of ether oxygens (including phenoxy) is 2. The van der Waals surface area contributed by atoms with Gasteiger partial charge in [-0.2, -0.15) is 5.10 Å². The van der Waals surface area contributed by atoms with E-state index >= 15 is 0 Å². The van der Waals surface area contributed by atoms with E-state index in [9.17, 15) is 19.9 Å². The van der Waals surface area contributed by atoms with E-state index in [2.05, 4.69) is 0 Å². The van der Waals surface area contributed by atoms with Gasteiger partial charge in [0.25, 0.3) is 0 Å². The Bertz CT molecular complexity index is 1210. The molecule has 4 rings (SSSR count). The molecule has 1 fully saturated rings. The molecule has 0 aliphatic carbocycles. The first-order valence-corrected chi connectivity index (χ1v) is 11.1. The van der Waals surface area contributed by atoms with Crippen LogP contribution in [0.25, 0.3) is 16.9 Å². The van der Waals surface area contributed by atoms with E-state index in [-0.39, 0.29) is 25.9 Å². The standard InChI is InChI=1S/C25H28N4O6/c1-27(33)24(32)28-13-11-25(12-14-28,23(30)31)22-16-21(17-7-9-19(34-2)10-8-17)29(26-22)18-5-4-6-20(15-18)35-3/h4-10,15-16,33H,11-14H2,1-3H3,(H,30,31). The Morgan fingerprint density at radius 2 is 1.66 bits per heavy atom. The number of likely N-dealkylation sites (tertiary alicyclic amines) is 1. The molecule has 10 nitrogen and oxygen atoms in total. The highest BCUT2D eigenvalue weighted by Crippen LogP contribution is 2.38. The van der Waals surface area contributed by atoms with Crippen molar-refractivity contribution < 1.29 is 29.4 Å². The number of hydrogen-bond donors (Lipinski definition) is 2. The highest BCUT2D eigenvalue weighted by molar-refractivity contribution is 5.82. The monoisotopic (exact) mass is 480 g/mol. The van der Waals surface area contributed by atoms with Crippen LogP contribution in [0.5, 0.6) is 11.5 Å². The number of aromatic nitrogens is 2. The lowest BCUT2D eigenvalue weighted by Gasteiger charge is -2.38. The molecule has 3 aromatic rings. The fourth-order valence-corrected chi connectivity index (χ4v) is 4.39. The molecular formula is C25H28N4O6. The molecule has 1 saturated heterocycles. The molecule has 1 aliphatic heterocycles. The van der Waals surface area contributed by atoms with Gasteiger partial charge in [0.15, 0.2) is 0 Å². The predicted molar refractivity (Wildman–Crippen MR) is 127 cm³/mol. The van der Waals surface area contributed by atoms with Gasteiger partial charge in [0.2, 0.25) is 0 Å². The van der Waals surface area contributed by atoms with Gasteiger partial charge in [0.1, 0.15) is 16.9 Å². The maximum absolute atomic E-state index is 12.6. The number of benzene rings is 2. The number of carboxylic acids is 1. The van der Waals surface area contributed by atoms with Crippen LogP contribution in [-0.4, -0.2) is 76.4 Å². The molecule has 1 aliphatic rings. The van der Waals surface area contributed by atoms with Gasteiger partial charge in [-0.05, 0) is 55.3 Å². The molecule has 0 unspecified atom stereocenters. The van der Waals surface area contributed by atoms with Crippen molar-refractivity contribution in [2.24, 2.45) is 0 Å². The minimum Gasteiger partial charge on any atom is -0.497 e. The molecule has 1 aromatic heterocycles. The number of hydroxylamine groups is 2. The minimum atomic E-state index is -1.28. The van der Waals surface area contributed by atoms with Crippen LogP contribution in [0.15, 0.2) is 54.6 Å². The first kappa shape index (κ1) is 24.1. The molecule has 0 atom stereocenters. The number of amides is 2. The largest absolute Gasteiger partial charge is 0.497 e. The third-order valence-electron chi connectivity index (χ3n) is 6.46. The van der Waals surface area contributed by atoms with Crippen molar-refractivity contribution in [2.75, 3.05) is 34.4 Å². The minimum absolute atomic E-state index is 0.166. The molecule has 0 radical (unpaired) electrons. The van der Waals surface area contributed by atoms with Crippen LogP contribution in [0, 0.1) is 0 Å². The summed E-state index contributed by atoms with van der Waals surface area (Å²) in [4.78, 5) is 26.2. The molecule has 2 heterocycles. The van der Waals surface area contributed by atoms with Gasteiger partial charge in [-0.15, -0.1) is 0 Å². The van der Waals surface area contributed by atoms with Crippen molar-refractivity contribution in [3.05, 3.63) is 60.3 Å². The number of carbonyl (C=O) groups is 2. The molecule has 184 valence electrons. The number of methoxy groups -OCH3 is 2. The molecule has 2 amide bonds. The second kappa shape index (κ2) is 9.67. The third kappa shape index (κ3) is 4.52. The molecule has 0 bridgehead atoms. The summed E-state index contributed by atoms with van der Waals surface area (Å²) in [6.07, 6.45) is 0.332. The number of nitrogens with zero attached hydrogens (tertiary/aromatic N) is 4. The van der Waals surface area contributed by atoms with Crippen molar-refractivity contribution in [3.63, 3.8) is 0 Å². The number of carbonyl (C=O) groups excluding carboxylic acids is 1. The number of hydrogen-bond acceptors (Lipinski definition) is 6. The van der Waals surface area contributed by atoms with Crippen LogP contribution < -0.4 is 9.47 Å². The number of urea groups is 1. The van der Waals surface area contributed by atoms with Crippen molar-refractivity contribution in [1.82, 2.24) is 19.7 Å². The maximum Gasteiger partial charge on any atom is 0.343 e. The van der Waals surface area contributed by atoms with Crippen LogP contribution in [0.4, 0.5) is 4.79 Å². The van der Waals surface area contributed by atoms with Gasteiger partial charge in [-0.3, -0.25) is 10.0 Å². The van der Waals surface area contributed by atoms with E-state index in [4.69, 9.17) is 14.6 Å². The topological polar surface area (TPSA) is 117 Å². The Kier molecular flexibility index (Phi) is 6.65. The van der Waals surface area contributed by atoms with Crippen molar-refractivity contribution in [3.8, 4) is 28.4 Å². The van der Waals surface area contributed by atoms with Crippen molar-refractivity contribution >= 4 is 12.0 Å². The van der Waals surface area contributed by atoms with Gasteiger partial charge in [0.05, 0.1) is 31.3 Å². The molecule has 35 heavy (non-hydrogen) atoms. The van der Waals surface area contributed by atoms with E-state index in [0.29, 0.717) is 28.0 Å². The van der Waals surface area contributed by atoms with E-state index in [1.807, 2.05) is 48.5 Å². The van der Waals surface area contributed by atoms with Gasteiger partial charge in [-0.25, -0.2) is 14.5 Å². The zero-order valence-electron chi connectivity index (χ0n) is 19.8. The highest BCUT2D eigenvalue weighted by atomic mass is 16.5. The van der Waals surface area contributed by atoms with E-state index in [1.165, 1.54) is 11.9 Å². The normalized spacial score (nSPS) is 14.9. The fourth-order valence-electron chi connectivity index (χ4n) is 4.39. The lowest BCUT2D eigenvalue weighted by molar-refractivity contribution is -0.146. The summed E-state index contributed by atoms with van der Waals surface area (Å²) in [5.74, 6) is 0.348. The van der Waals surface area contributed by atoms with Crippen LogP contribution >= 0.6 is 0 Å². The third-order valence-corrected chi connectivity index (χ3v) is 6.46. The Hall–Kier alpha value is -4.05. The Labute approximate surface area is 202 Å². The van der Waals surface area contributed by atoms with Gasteiger partial charge in [-0.1, -0.05) is 6.07 Å². The SMILES string of the molecule is COc1ccc(-c2cc(C3(C(=O)O)CCN(C(=O)N(C)O)CC3)nn2-c2cccc(OC)c2)cc1. The van der Waals surface area contributed by atoms with E-state index in [0.717, 1.165) is 11.3 Å². The number of rotatable bonds is 6. The number of piperidine rings is 1. The van der Waals surface area contributed by atoms with Gasteiger partial charge in [0, 0.05) is 31.8 Å². The smallest absolute Gasteiger partial charge is 0.343 e. The van der Waals surface area contributed by atoms with E-state index < -0.39 is 17.4 Å². The van der Waals surface area contributed by atoms with Gasteiger partial charge >= 0.3 is 12.0 Å².